The van der Waals surface area contributed by atoms with Crippen LogP contribution in [0.4, 0.5) is 5.69 Å². The van der Waals surface area contributed by atoms with Crippen LogP contribution in [-0.2, 0) is 24.6 Å². The van der Waals surface area contributed by atoms with Crippen LogP contribution >= 0.6 is 0 Å². The highest BCUT2D eigenvalue weighted by molar-refractivity contribution is 6.07. The van der Waals surface area contributed by atoms with E-state index >= 15 is 0 Å². The Hall–Kier alpha value is -4.76. The number of piperidine rings is 1. The number of carbonyl (C=O) groups excluding carboxylic acids is 4. The number of likely N-dealkylation sites (N-methyl/N-ethyl adjacent to an activating group) is 1. The van der Waals surface area contributed by atoms with E-state index in [9.17, 15) is 19.2 Å². The van der Waals surface area contributed by atoms with Gasteiger partial charge in [-0.1, -0.05) is 12.1 Å². The van der Waals surface area contributed by atoms with Crippen LogP contribution in [0.5, 0.6) is 0 Å². The van der Waals surface area contributed by atoms with Crippen LogP contribution in [0.2, 0.25) is 0 Å². The quantitative estimate of drug-likeness (QED) is 0.399. The third kappa shape index (κ3) is 5.30. The van der Waals surface area contributed by atoms with Gasteiger partial charge in [-0.2, -0.15) is 0 Å². The zero-order valence-corrected chi connectivity index (χ0v) is 21.5. The minimum atomic E-state index is -1.29. The first-order valence-corrected chi connectivity index (χ1v) is 12.2. The third-order valence-corrected chi connectivity index (χ3v) is 7.01. The number of rotatable bonds is 7. The highest BCUT2D eigenvalue weighted by atomic mass is 16.5. The van der Waals surface area contributed by atoms with Crippen molar-refractivity contribution >= 4 is 35.3 Å². The topological polar surface area (TPSA) is 167 Å². The summed E-state index contributed by atoms with van der Waals surface area (Å²) in [4.78, 5) is 58.2. The summed E-state index contributed by atoms with van der Waals surface area (Å²) in [5.41, 5.74) is 6.45. The molecule has 2 aliphatic rings. The minimum Gasteiger partial charge on any atom is -0.375 e. The van der Waals surface area contributed by atoms with Gasteiger partial charge in [0.25, 0.3) is 18.1 Å². The highest BCUT2D eigenvalue weighted by Gasteiger charge is 2.54. The molecule has 0 spiro atoms. The van der Waals surface area contributed by atoms with Gasteiger partial charge in [-0.25, -0.2) is 9.79 Å². The van der Waals surface area contributed by atoms with Crippen molar-refractivity contribution in [1.82, 2.24) is 9.80 Å². The molecule has 3 amide bonds. The average Bonchev–Trinajstić information content (AvgIpc) is 3.18. The zero-order chi connectivity index (χ0) is 28.2. The molecule has 2 heterocycles. The number of aliphatic imine (C=N–C) groups is 1. The number of methoxy groups -OCH3 is 1. The maximum absolute atomic E-state index is 13.6. The molecule has 1 fully saturated rings. The molecule has 0 saturated carbocycles. The van der Waals surface area contributed by atoms with Gasteiger partial charge in [0.2, 0.25) is 5.91 Å². The Labute approximate surface area is 225 Å². The number of hydrogen-bond donors (Lipinski definition) is 2. The molecule has 0 radical (unpaired) electrons. The number of ether oxygens (including phenoxy) is 2. The summed E-state index contributed by atoms with van der Waals surface area (Å²) in [7, 11) is 3.00. The Balaban J connectivity index is 1.54. The van der Waals surface area contributed by atoms with Crippen molar-refractivity contribution in [3.05, 3.63) is 65.2 Å². The van der Waals surface area contributed by atoms with Crippen molar-refractivity contribution in [3.63, 3.8) is 0 Å². The van der Waals surface area contributed by atoms with E-state index in [1.54, 1.807) is 36.2 Å². The lowest BCUT2D eigenvalue weighted by molar-refractivity contribution is -0.133. The van der Waals surface area contributed by atoms with Crippen molar-refractivity contribution < 1.29 is 28.7 Å². The summed E-state index contributed by atoms with van der Waals surface area (Å²) in [5.74, 6) is -1.78. The fraction of sp³-hybridized carbons (Fsp3) is 0.333. The molecular formula is C27H28N6O6. The van der Waals surface area contributed by atoms with Crippen LogP contribution in [0.3, 0.4) is 0 Å². The van der Waals surface area contributed by atoms with Crippen LogP contribution in [0.15, 0.2) is 53.5 Å². The van der Waals surface area contributed by atoms with Gasteiger partial charge < -0.3 is 25.4 Å². The van der Waals surface area contributed by atoms with Gasteiger partial charge in [-0.3, -0.25) is 19.3 Å². The fourth-order valence-electron chi connectivity index (χ4n) is 5.05. The van der Waals surface area contributed by atoms with Gasteiger partial charge in [0, 0.05) is 44.4 Å². The molecule has 1 atom stereocenters. The SMILES string of the molecule is COCC(=O)Nc1cccc(C2(C3CCN(C(=O)c4ccc(C(=O)OC#N)cc4)CC3)N=C(N)N(C)C2=O)c1. The summed E-state index contributed by atoms with van der Waals surface area (Å²) < 4.78 is 9.18. The molecule has 0 aromatic heterocycles. The third-order valence-electron chi connectivity index (χ3n) is 7.01. The zero-order valence-electron chi connectivity index (χ0n) is 21.5. The second kappa shape index (κ2) is 11.3. The lowest BCUT2D eigenvalue weighted by Crippen LogP contribution is -2.49. The number of hydrogen-bond acceptors (Lipinski definition) is 9. The van der Waals surface area contributed by atoms with Crippen LogP contribution in [-0.4, -0.2) is 73.3 Å². The maximum Gasteiger partial charge on any atom is 0.353 e. The molecule has 2 aromatic carbocycles. The van der Waals surface area contributed by atoms with Gasteiger partial charge in [0.05, 0.1) is 5.56 Å². The summed E-state index contributed by atoms with van der Waals surface area (Å²) in [6.45, 7) is 0.641. The molecule has 4 rings (SSSR count). The summed E-state index contributed by atoms with van der Waals surface area (Å²) in [6, 6.07) is 12.8. The number of likely N-dealkylation sites (tertiary alicyclic amines) is 1. The molecule has 3 N–H and O–H groups in total. The molecule has 0 aliphatic carbocycles. The molecule has 1 unspecified atom stereocenters. The van der Waals surface area contributed by atoms with E-state index in [0.29, 0.717) is 42.7 Å². The standard InChI is InChI=1S/C27H28N6O6/c1-32-25(37)27(31-26(32)29,20-4-3-5-21(14-20)30-22(34)15-38-2)19-10-12-33(13-11-19)23(35)17-6-8-18(9-7-17)24(36)39-16-28/h3-9,14,19H,10-13,15H2,1-2H3,(H2,29,31)(H,30,34). The van der Waals surface area contributed by atoms with Crippen molar-refractivity contribution in [2.45, 2.75) is 18.4 Å². The van der Waals surface area contributed by atoms with E-state index in [1.807, 2.05) is 0 Å². The normalized spacial score (nSPS) is 19.3. The van der Waals surface area contributed by atoms with E-state index in [2.05, 4.69) is 15.0 Å². The van der Waals surface area contributed by atoms with Crippen molar-refractivity contribution in [3.8, 4) is 6.26 Å². The number of amides is 3. The molecule has 12 heteroatoms. The number of esters is 1. The van der Waals surface area contributed by atoms with E-state index in [-0.39, 0.29) is 41.8 Å². The van der Waals surface area contributed by atoms with E-state index in [0.717, 1.165) is 0 Å². The van der Waals surface area contributed by atoms with Crippen molar-refractivity contribution in [2.24, 2.45) is 16.6 Å². The van der Waals surface area contributed by atoms with E-state index < -0.39 is 11.5 Å². The molecule has 2 aliphatic heterocycles. The van der Waals surface area contributed by atoms with Gasteiger partial charge >= 0.3 is 5.97 Å². The molecular weight excluding hydrogens is 504 g/mol. The number of anilines is 1. The Morgan fingerprint density at radius 1 is 1.15 bits per heavy atom. The van der Waals surface area contributed by atoms with E-state index in [1.165, 1.54) is 42.5 Å². The largest absolute Gasteiger partial charge is 0.375 e. The average molecular weight is 533 g/mol. The number of guanidine groups is 1. The smallest absolute Gasteiger partial charge is 0.353 e. The second-order valence-corrected chi connectivity index (χ2v) is 9.29. The predicted molar refractivity (Wildman–Crippen MR) is 139 cm³/mol. The van der Waals surface area contributed by atoms with Crippen LogP contribution in [0.1, 0.15) is 39.1 Å². The Bertz CT molecular complexity index is 1360. The van der Waals surface area contributed by atoms with Crippen molar-refractivity contribution in [2.75, 3.05) is 39.2 Å². The van der Waals surface area contributed by atoms with Gasteiger partial charge in [0.1, 0.15) is 6.61 Å². The highest BCUT2D eigenvalue weighted by Crippen LogP contribution is 2.44. The maximum atomic E-state index is 13.6. The number of nitriles is 1. The summed E-state index contributed by atoms with van der Waals surface area (Å²) >= 11 is 0. The Kier molecular flexibility index (Phi) is 7.92. The molecule has 39 heavy (non-hydrogen) atoms. The fourth-order valence-corrected chi connectivity index (χ4v) is 5.05. The number of nitrogens with zero attached hydrogens (tertiary/aromatic N) is 4. The predicted octanol–water partition coefficient (Wildman–Crippen LogP) is 1.44. The van der Waals surface area contributed by atoms with Crippen molar-refractivity contribution in [1.29, 1.82) is 5.26 Å². The first-order valence-electron chi connectivity index (χ1n) is 12.2. The van der Waals surface area contributed by atoms with Gasteiger partial charge in [-0.15, -0.1) is 5.26 Å². The Morgan fingerprint density at radius 3 is 2.41 bits per heavy atom. The summed E-state index contributed by atoms with van der Waals surface area (Å²) in [5, 5.41) is 11.3. The lowest BCUT2D eigenvalue weighted by Gasteiger charge is -2.40. The number of carbonyl (C=O) groups is 4. The van der Waals surface area contributed by atoms with Gasteiger partial charge in [0.15, 0.2) is 11.5 Å². The molecule has 2 aromatic rings. The first-order chi connectivity index (χ1) is 18.7. The minimum absolute atomic E-state index is 0.0994. The monoisotopic (exact) mass is 532 g/mol. The van der Waals surface area contributed by atoms with Crippen LogP contribution in [0.25, 0.3) is 0 Å². The number of benzene rings is 2. The lowest BCUT2D eigenvalue weighted by atomic mass is 9.73. The van der Waals surface area contributed by atoms with Crippen LogP contribution < -0.4 is 11.1 Å². The first kappa shape index (κ1) is 27.3. The number of nitrogens with one attached hydrogen (secondary N) is 1. The van der Waals surface area contributed by atoms with E-state index in [4.69, 9.17) is 15.7 Å². The summed E-state index contributed by atoms with van der Waals surface area (Å²) in [6.07, 6.45) is 2.29. The molecule has 0 bridgehead atoms. The Morgan fingerprint density at radius 2 is 1.82 bits per heavy atom. The molecule has 1 saturated heterocycles. The van der Waals surface area contributed by atoms with Gasteiger partial charge in [-0.05, 0) is 54.8 Å². The van der Waals surface area contributed by atoms with Crippen LogP contribution in [0, 0.1) is 17.4 Å². The number of nitrogens with two attached hydrogens (primary N) is 1. The molecule has 202 valence electrons. The molecule has 12 nitrogen and oxygen atoms in total. The second-order valence-electron chi connectivity index (χ2n) is 9.29.